The van der Waals surface area contributed by atoms with E-state index in [9.17, 15) is 10.1 Å². The topological polar surface area (TPSA) is 62.1 Å². The first-order valence-corrected chi connectivity index (χ1v) is 9.44. The zero-order valence-corrected chi connectivity index (χ0v) is 16.3. The predicted octanol–water partition coefficient (Wildman–Crippen LogP) is 5.51. The van der Waals surface area contributed by atoms with Crippen molar-refractivity contribution in [2.24, 2.45) is 0 Å². The molecule has 0 saturated carbocycles. The maximum atomic E-state index is 12.8. The minimum absolute atomic E-state index is 0.00992. The number of hydrogen-bond acceptors (Lipinski definition) is 3. The van der Waals surface area contributed by atoms with Crippen LogP contribution in [0.2, 0.25) is 0 Å². The number of ether oxygens (including phenoxy) is 1. The molecule has 0 unspecified atom stereocenters. The maximum Gasteiger partial charge on any atom is 0.266 e. The second-order valence-electron chi connectivity index (χ2n) is 6.43. The summed E-state index contributed by atoms with van der Waals surface area (Å²) in [7, 11) is 0. The summed E-state index contributed by atoms with van der Waals surface area (Å²) in [4.78, 5) is 12.8. The number of rotatable bonds is 7. The van der Waals surface area contributed by atoms with Crippen LogP contribution in [0.15, 0.2) is 78.9 Å². The lowest BCUT2D eigenvalue weighted by Crippen LogP contribution is -2.14. The number of carbonyl (C=O) groups excluding carboxylic acids is 1. The van der Waals surface area contributed by atoms with Crippen molar-refractivity contribution in [3.05, 3.63) is 90.0 Å². The second kappa shape index (κ2) is 9.38. The van der Waals surface area contributed by atoms with Gasteiger partial charge in [-0.05, 0) is 41.0 Å². The van der Waals surface area contributed by atoms with Crippen LogP contribution in [0.1, 0.15) is 18.1 Å². The Bertz CT molecular complexity index is 1120. The summed E-state index contributed by atoms with van der Waals surface area (Å²) >= 11 is 0. The van der Waals surface area contributed by atoms with E-state index in [0.29, 0.717) is 23.6 Å². The number of benzene rings is 3. The third-order valence-electron chi connectivity index (χ3n) is 4.59. The lowest BCUT2D eigenvalue weighted by atomic mass is 10.0. The number of nitriles is 1. The highest BCUT2D eigenvalue weighted by Crippen LogP contribution is 2.30. The van der Waals surface area contributed by atoms with Gasteiger partial charge in [-0.15, -0.1) is 0 Å². The molecule has 3 aromatic carbocycles. The summed E-state index contributed by atoms with van der Waals surface area (Å²) in [6, 6.07) is 21.2. The molecular formula is C25H22N2O2. The molecule has 3 aromatic rings. The monoisotopic (exact) mass is 382 g/mol. The molecule has 0 heterocycles. The normalized spacial score (nSPS) is 11.0. The van der Waals surface area contributed by atoms with E-state index in [-0.39, 0.29) is 5.57 Å². The number of nitrogens with zero attached hydrogens (tertiary/aromatic N) is 1. The van der Waals surface area contributed by atoms with Crippen LogP contribution in [-0.2, 0) is 11.2 Å². The average Bonchev–Trinajstić information content (AvgIpc) is 2.76. The van der Waals surface area contributed by atoms with Gasteiger partial charge in [0, 0.05) is 11.3 Å². The number of para-hydroxylation sites is 1. The van der Waals surface area contributed by atoms with Crippen molar-refractivity contribution in [3.8, 4) is 11.8 Å². The Hall–Kier alpha value is -3.84. The van der Waals surface area contributed by atoms with Crippen LogP contribution < -0.4 is 10.1 Å². The van der Waals surface area contributed by atoms with Crippen LogP contribution in [0.3, 0.4) is 0 Å². The van der Waals surface area contributed by atoms with Gasteiger partial charge in [-0.1, -0.05) is 68.1 Å². The molecule has 0 radical (unpaired) electrons. The van der Waals surface area contributed by atoms with Crippen molar-refractivity contribution >= 4 is 28.4 Å². The van der Waals surface area contributed by atoms with Crippen molar-refractivity contribution in [2.45, 2.75) is 13.3 Å². The number of hydrogen-bond donors (Lipinski definition) is 1. The van der Waals surface area contributed by atoms with Gasteiger partial charge in [-0.25, -0.2) is 0 Å². The molecule has 0 fully saturated rings. The van der Waals surface area contributed by atoms with Gasteiger partial charge < -0.3 is 10.1 Å². The molecule has 0 spiro atoms. The Balaban J connectivity index is 2.04. The quantitative estimate of drug-likeness (QED) is 0.333. The molecule has 0 atom stereocenters. The Labute approximate surface area is 170 Å². The van der Waals surface area contributed by atoms with E-state index < -0.39 is 5.91 Å². The lowest BCUT2D eigenvalue weighted by Gasteiger charge is -2.12. The molecule has 0 aliphatic carbocycles. The molecule has 0 aliphatic rings. The van der Waals surface area contributed by atoms with Gasteiger partial charge in [0.25, 0.3) is 5.91 Å². The van der Waals surface area contributed by atoms with Gasteiger partial charge in [-0.2, -0.15) is 5.26 Å². The van der Waals surface area contributed by atoms with E-state index in [1.54, 1.807) is 12.2 Å². The summed E-state index contributed by atoms with van der Waals surface area (Å²) in [5.74, 6) is 0.147. The maximum absolute atomic E-state index is 12.8. The van der Waals surface area contributed by atoms with Crippen LogP contribution >= 0.6 is 0 Å². The molecule has 4 heteroatoms. The zero-order valence-electron chi connectivity index (χ0n) is 16.3. The molecule has 3 rings (SSSR count). The molecule has 1 N–H and O–H groups in total. The lowest BCUT2D eigenvalue weighted by molar-refractivity contribution is -0.112. The number of aryl methyl sites for hydroxylation is 1. The average molecular weight is 382 g/mol. The van der Waals surface area contributed by atoms with Crippen molar-refractivity contribution in [1.82, 2.24) is 0 Å². The zero-order chi connectivity index (χ0) is 20.6. The Morgan fingerprint density at radius 1 is 1.14 bits per heavy atom. The standard InChI is InChI=1S/C25H22N2O2/c1-3-15-29-24-14-13-19-10-5-7-11-21(19)22(24)16-20(17-26)25(28)27-23-12-8-6-9-18(23)4-2/h3,5-14,16H,1,4,15H2,2H3,(H,27,28)/b20-16+. The highest BCUT2D eigenvalue weighted by molar-refractivity contribution is 6.11. The first kappa shape index (κ1) is 19.9. The molecule has 4 nitrogen and oxygen atoms in total. The van der Waals surface area contributed by atoms with Gasteiger partial charge in [0.2, 0.25) is 0 Å². The van der Waals surface area contributed by atoms with Crippen LogP contribution in [0.25, 0.3) is 16.8 Å². The minimum atomic E-state index is -0.448. The molecule has 1 amide bonds. The molecule has 0 aromatic heterocycles. The Morgan fingerprint density at radius 3 is 2.66 bits per heavy atom. The summed E-state index contributed by atoms with van der Waals surface area (Å²) in [6.07, 6.45) is 4.03. The van der Waals surface area contributed by atoms with Crippen molar-refractivity contribution < 1.29 is 9.53 Å². The summed E-state index contributed by atoms with van der Waals surface area (Å²) in [5.41, 5.74) is 2.43. The van der Waals surface area contributed by atoms with Gasteiger partial charge in [0.15, 0.2) is 0 Å². The first-order chi connectivity index (χ1) is 14.2. The van der Waals surface area contributed by atoms with E-state index in [2.05, 4.69) is 11.9 Å². The van der Waals surface area contributed by atoms with E-state index in [1.807, 2.05) is 73.7 Å². The smallest absolute Gasteiger partial charge is 0.266 e. The number of anilines is 1. The van der Waals surface area contributed by atoms with Crippen molar-refractivity contribution in [2.75, 3.05) is 11.9 Å². The molecule has 144 valence electrons. The number of nitrogens with one attached hydrogen (secondary N) is 1. The van der Waals surface area contributed by atoms with Crippen molar-refractivity contribution in [1.29, 1.82) is 5.26 Å². The Kier molecular flexibility index (Phi) is 6.44. The van der Waals surface area contributed by atoms with Crippen LogP contribution in [-0.4, -0.2) is 12.5 Å². The number of carbonyl (C=O) groups is 1. The fourth-order valence-electron chi connectivity index (χ4n) is 3.13. The summed E-state index contributed by atoms with van der Waals surface area (Å²) < 4.78 is 5.77. The van der Waals surface area contributed by atoms with E-state index >= 15 is 0 Å². The third kappa shape index (κ3) is 4.53. The van der Waals surface area contributed by atoms with Gasteiger partial charge in [0.1, 0.15) is 24.0 Å². The fourth-order valence-corrected chi connectivity index (χ4v) is 3.13. The highest BCUT2D eigenvalue weighted by Gasteiger charge is 2.14. The van der Waals surface area contributed by atoms with Gasteiger partial charge >= 0.3 is 0 Å². The second-order valence-corrected chi connectivity index (χ2v) is 6.43. The van der Waals surface area contributed by atoms with E-state index in [0.717, 1.165) is 22.8 Å². The highest BCUT2D eigenvalue weighted by atomic mass is 16.5. The minimum Gasteiger partial charge on any atom is -0.489 e. The number of amides is 1. The van der Waals surface area contributed by atoms with E-state index in [4.69, 9.17) is 4.74 Å². The fraction of sp³-hybridized carbons (Fsp3) is 0.120. The largest absolute Gasteiger partial charge is 0.489 e. The summed E-state index contributed by atoms with van der Waals surface area (Å²) in [5, 5.41) is 14.4. The predicted molar refractivity (Wildman–Crippen MR) is 118 cm³/mol. The van der Waals surface area contributed by atoms with Gasteiger partial charge in [0.05, 0.1) is 0 Å². The molecular weight excluding hydrogens is 360 g/mol. The van der Waals surface area contributed by atoms with Crippen molar-refractivity contribution in [3.63, 3.8) is 0 Å². The Morgan fingerprint density at radius 2 is 1.90 bits per heavy atom. The number of fused-ring (bicyclic) bond motifs is 1. The molecule has 29 heavy (non-hydrogen) atoms. The van der Waals surface area contributed by atoms with Crippen LogP contribution in [0.5, 0.6) is 5.75 Å². The summed E-state index contributed by atoms with van der Waals surface area (Å²) in [6.45, 7) is 6.03. The molecule has 0 bridgehead atoms. The SMILES string of the molecule is C=CCOc1ccc2ccccc2c1/C=C(\C#N)C(=O)Nc1ccccc1CC. The van der Waals surface area contributed by atoms with Gasteiger partial charge in [-0.3, -0.25) is 4.79 Å². The van der Waals surface area contributed by atoms with E-state index in [1.165, 1.54) is 0 Å². The molecule has 0 aliphatic heterocycles. The van der Waals surface area contributed by atoms with Crippen LogP contribution in [0, 0.1) is 11.3 Å². The van der Waals surface area contributed by atoms with Crippen LogP contribution in [0.4, 0.5) is 5.69 Å². The molecule has 0 saturated heterocycles. The first-order valence-electron chi connectivity index (χ1n) is 9.44. The third-order valence-corrected chi connectivity index (χ3v) is 4.59.